The van der Waals surface area contributed by atoms with E-state index in [2.05, 4.69) is 5.32 Å². The topological polar surface area (TPSA) is 78.9 Å². The molecule has 0 aliphatic carbocycles. The predicted molar refractivity (Wildman–Crippen MR) is 114 cm³/mol. The van der Waals surface area contributed by atoms with E-state index in [1.165, 1.54) is 4.90 Å². The lowest BCUT2D eigenvalue weighted by Crippen LogP contribution is -2.44. The molecule has 3 aromatic carbocycles. The van der Waals surface area contributed by atoms with Gasteiger partial charge in [0.05, 0.1) is 12.3 Å². The Bertz CT molecular complexity index is 1070. The Morgan fingerprint density at radius 3 is 2.37 bits per heavy atom. The average Bonchev–Trinajstić information content (AvgIpc) is 2.99. The Labute approximate surface area is 174 Å². The van der Waals surface area contributed by atoms with Gasteiger partial charge in [0.2, 0.25) is 5.91 Å². The zero-order chi connectivity index (χ0) is 21.1. The highest BCUT2D eigenvalue weighted by molar-refractivity contribution is 6.12. The predicted octanol–water partition coefficient (Wildman–Crippen LogP) is 3.31. The van der Waals surface area contributed by atoms with Crippen molar-refractivity contribution >= 4 is 23.2 Å². The second kappa shape index (κ2) is 8.00. The quantitative estimate of drug-likeness (QED) is 0.663. The molecule has 0 saturated carbocycles. The van der Waals surface area contributed by atoms with Crippen LogP contribution >= 0.6 is 0 Å². The van der Waals surface area contributed by atoms with Gasteiger partial charge < -0.3 is 15.2 Å². The van der Waals surface area contributed by atoms with E-state index in [1.54, 1.807) is 72.8 Å². The maximum atomic E-state index is 13.3. The van der Waals surface area contributed by atoms with Crippen molar-refractivity contribution in [3.8, 4) is 5.75 Å². The second-order valence-electron chi connectivity index (χ2n) is 6.99. The Morgan fingerprint density at radius 1 is 1.00 bits per heavy atom. The van der Waals surface area contributed by atoms with Gasteiger partial charge in [0.15, 0.2) is 5.60 Å². The summed E-state index contributed by atoms with van der Waals surface area (Å²) in [6, 6.07) is 22.8. The number of ether oxygens (including phenoxy) is 1. The molecule has 0 radical (unpaired) electrons. The molecule has 0 saturated heterocycles. The maximum Gasteiger partial charge on any atom is 0.268 e. The average molecular weight is 402 g/mol. The lowest BCUT2D eigenvalue weighted by Gasteiger charge is -2.23. The van der Waals surface area contributed by atoms with Crippen LogP contribution in [0, 0.1) is 0 Å². The highest BCUT2D eigenvalue weighted by atomic mass is 16.5. The summed E-state index contributed by atoms with van der Waals surface area (Å²) in [6.07, 6.45) is 0. The number of nitrogens with one attached hydrogen (secondary N) is 1. The molecule has 0 aromatic heterocycles. The number of rotatable bonds is 6. The van der Waals surface area contributed by atoms with Crippen molar-refractivity contribution in [2.24, 2.45) is 0 Å². The van der Waals surface area contributed by atoms with Crippen LogP contribution in [0.25, 0.3) is 0 Å². The van der Waals surface area contributed by atoms with Crippen molar-refractivity contribution in [1.82, 2.24) is 0 Å². The Hall–Kier alpha value is -3.64. The molecule has 1 heterocycles. The summed E-state index contributed by atoms with van der Waals surface area (Å²) in [6.45, 7) is 2.25. The first-order valence-electron chi connectivity index (χ1n) is 9.76. The summed E-state index contributed by atoms with van der Waals surface area (Å²) in [5, 5.41) is 14.2. The summed E-state index contributed by atoms with van der Waals surface area (Å²) in [4.78, 5) is 27.3. The lowest BCUT2D eigenvalue weighted by molar-refractivity contribution is -0.133. The number of fused-ring (bicyclic) bond motifs is 1. The SMILES string of the molecule is CCOc1ccc(NC(=O)CN2C(=O)[C@](O)(c3ccccc3)c3ccccc32)cc1. The standard InChI is InChI=1S/C24H22N2O4/c1-2-30-19-14-12-18(13-15-19)25-22(27)16-26-21-11-7-6-10-20(21)24(29,23(26)28)17-8-4-3-5-9-17/h3-15,29H,2,16H2,1H3,(H,25,27)/t24-/m0/s1. The third-order valence-corrected chi connectivity index (χ3v) is 5.08. The van der Waals surface area contributed by atoms with Gasteiger partial charge in [-0.1, -0.05) is 48.5 Å². The smallest absolute Gasteiger partial charge is 0.268 e. The lowest BCUT2D eigenvalue weighted by atomic mass is 9.88. The molecule has 4 rings (SSSR count). The van der Waals surface area contributed by atoms with E-state index in [0.717, 1.165) is 0 Å². The highest BCUT2D eigenvalue weighted by Gasteiger charge is 2.51. The van der Waals surface area contributed by atoms with E-state index in [0.29, 0.717) is 34.9 Å². The number of nitrogens with zero attached hydrogens (tertiary/aromatic N) is 1. The molecular formula is C24H22N2O4. The summed E-state index contributed by atoms with van der Waals surface area (Å²) in [5.41, 5.74) is 0.237. The van der Waals surface area contributed by atoms with E-state index in [-0.39, 0.29) is 12.5 Å². The molecule has 1 atom stereocenters. The Morgan fingerprint density at radius 2 is 1.67 bits per heavy atom. The Balaban J connectivity index is 1.57. The van der Waals surface area contributed by atoms with Crippen LogP contribution in [-0.2, 0) is 15.2 Å². The van der Waals surface area contributed by atoms with Crippen LogP contribution in [-0.4, -0.2) is 30.1 Å². The van der Waals surface area contributed by atoms with Crippen LogP contribution in [0.4, 0.5) is 11.4 Å². The number of aliphatic hydroxyl groups is 1. The molecule has 6 heteroatoms. The van der Waals surface area contributed by atoms with E-state index >= 15 is 0 Å². The van der Waals surface area contributed by atoms with Crippen molar-refractivity contribution in [3.05, 3.63) is 90.0 Å². The summed E-state index contributed by atoms with van der Waals surface area (Å²) >= 11 is 0. The molecule has 1 aliphatic rings. The molecule has 152 valence electrons. The van der Waals surface area contributed by atoms with Crippen molar-refractivity contribution < 1.29 is 19.4 Å². The fourth-order valence-electron chi connectivity index (χ4n) is 3.70. The minimum atomic E-state index is -1.82. The zero-order valence-electron chi connectivity index (χ0n) is 16.5. The molecule has 6 nitrogen and oxygen atoms in total. The number of carbonyl (C=O) groups excluding carboxylic acids is 2. The summed E-state index contributed by atoms with van der Waals surface area (Å²) in [5.74, 6) is -0.191. The van der Waals surface area contributed by atoms with Crippen molar-refractivity contribution in [1.29, 1.82) is 0 Å². The van der Waals surface area contributed by atoms with Gasteiger partial charge in [-0.2, -0.15) is 0 Å². The number of benzene rings is 3. The molecule has 1 aliphatic heterocycles. The third kappa shape index (κ3) is 3.42. The van der Waals surface area contributed by atoms with Crippen molar-refractivity contribution in [2.45, 2.75) is 12.5 Å². The van der Waals surface area contributed by atoms with Gasteiger partial charge in [-0.25, -0.2) is 0 Å². The second-order valence-corrected chi connectivity index (χ2v) is 6.99. The number of para-hydroxylation sites is 1. The van der Waals surface area contributed by atoms with Gasteiger partial charge in [0.1, 0.15) is 12.3 Å². The van der Waals surface area contributed by atoms with Crippen molar-refractivity contribution in [2.75, 3.05) is 23.4 Å². The number of hydrogen-bond acceptors (Lipinski definition) is 4. The molecule has 2 amide bonds. The number of amides is 2. The van der Waals surface area contributed by atoms with Crippen LogP contribution in [0.2, 0.25) is 0 Å². The molecule has 30 heavy (non-hydrogen) atoms. The van der Waals surface area contributed by atoms with Crippen molar-refractivity contribution in [3.63, 3.8) is 0 Å². The molecule has 0 bridgehead atoms. The number of hydrogen-bond donors (Lipinski definition) is 2. The first-order chi connectivity index (χ1) is 14.5. The van der Waals surface area contributed by atoms with Gasteiger partial charge in [0, 0.05) is 11.3 Å². The van der Waals surface area contributed by atoms with Gasteiger partial charge in [0.25, 0.3) is 5.91 Å². The number of anilines is 2. The van der Waals surface area contributed by atoms with E-state index < -0.39 is 11.5 Å². The van der Waals surface area contributed by atoms with Crippen LogP contribution in [0.1, 0.15) is 18.1 Å². The minimum absolute atomic E-state index is 0.210. The zero-order valence-corrected chi connectivity index (χ0v) is 16.5. The largest absolute Gasteiger partial charge is 0.494 e. The normalized spacial score (nSPS) is 17.5. The van der Waals surface area contributed by atoms with Gasteiger partial charge in [-0.15, -0.1) is 0 Å². The summed E-state index contributed by atoms with van der Waals surface area (Å²) < 4.78 is 5.40. The van der Waals surface area contributed by atoms with Crippen LogP contribution < -0.4 is 15.0 Å². The highest BCUT2D eigenvalue weighted by Crippen LogP contribution is 2.44. The molecular weight excluding hydrogens is 380 g/mol. The molecule has 3 aromatic rings. The minimum Gasteiger partial charge on any atom is -0.494 e. The fraction of sp³-hybridized carbons (Fsp3) is 0.167. The van der Waals surface area contributed by atoms with E-state index in [9.17, 15) is 14.7 Å². The fourth-order valence-corrected chi connectivity index (χ4v) is 3.70. The van der Waals surface area contributed by atoms with Crippen LogP contribution in [0.15, 0.2) is 78.9 Å². The molecule has 0 fully saturated rings. The maximum absolute atomic E-state index is 13.3. The van der Waals surface area contributed by atoms with Gasteiger partial charge in [-0.05, 0) is 42.8 Å². The molecule has 0 spiro atoms. The van der Waals surface area contributed by atoms with Gasteiger partial charge in [-0.3, -0.25) is 14.5 Å². The first-order valence-corrected chi connectivity index (χ1v) is 9.76. The van der Waals surface area contributed by atoms with E-state index in [4.69, 9.17) is 4.74 Å². The van der Waals surface area contributed by atoms with Crippen LogP contribution in [0.5, 0.6) is 5.75 Å². The van der Waals surface area contributed by atoms with E-state index in [1.807, 2.05) is 13.0 Å². The first kappa shape index (κ1) is 19.7. The van der Waals surface area contributed by atoms with Gasteiger partial charge >= 0.3 is 0 Å². The summed E-state index contributed by atoms with van der Waals surface area (Å²) in [7, 11) is 0. The molecule has 2 N–H and O–H groups in total. The monoisotopic (exact) mass is 402 g/mol. The third-order valence-electron chi connectivity index (χ3n) is 5.08. The van der Waals surface area contributed by atoms with Crippen LogP contribution in [0.3, 0.4) is 0 Å². The molecule has 0 unspecified atom stereocenters. The number of carbonyl (C=O) groups is 2. The Kier molecular flexibility index (Phi) is 5.25.